The van der Waals surface area contributed by atoms with Gasteiger partial charge in [0.15, 0.2) is 0 Å². The Morgan fingerprint density at radius 3 is 2.50 bits per heavy atom. The molecule has 1 saturated heterocycles. The molecule has 0 aromatic carbocycles. The minimum absolute atomic E-state index is 0.0494. The Balaban J connectivity index is 3.03. The van der Waals surface area contributed by atoms with Crippen LogP contribution < -0.4 is 0 Å². The first-order valence-electron chi connectivity index (χ1n) is 6.86. The molecule has 2 atom stereocenters. The van der Waals surface area contributed by atoms with E-state index in [0.29, 0.717) is 5.88 Å². The zero-order valence-corrected chi connectivity index (χ0v) is 13.3. The molecule has 0 spiro atoms. The van der Waals surface area contributed by atoms with Crippen molar-refractivity contribution in [1.82, 2.24) is 4.90 Å². The van der Waals surface area contributed by atoms with Gasteiger partial charge in [0.1, 0.15) is 0 Å². The van der Waals surface area contributed by atoms with Crippen LogP contribution in [0, 0.1) is 0 Å². The maximum Gasteiger partial charge on any atom is 0.0727 e. The molecule has 2 nitrogen and oxygen atoms in total. The Hall–Kier alpha value is -0.0500. The van der Waals surface area contributed by atoms with Crippen molar-refractivity contribution in [2.45, 2.75) is 64.1 Å². The summed E-state index contributed by atoms with van der Waals surface area (Å²) < 4.78 is 5.50. The fourth-order valence-electron chi connectivity index (χ4n) is 3.28. The Morgan fingerprint density at radius 2 is 2.11 bits per heavy atom. The van der Waals surface area contributed by atoms with Crippen molar-refractivity contribution in [2.75, 3.05) is 19.5 Å². The molecule has 18 heavy (non-hydrogen) atoms. The van der Waals surface area contributed by atoms with Gasteiger partial charge < -0.3 is 4.74 Å². The van der Waals surface area contributed by atoms with Gasteiger partial charge >= 0.3 is 0 Å². The molecule has 2 unspecified atom stereocenters. The molecule has 1 fully saturated rings. The fourth-order valence-corrected chi connectivity index (χ4v) is 3.51. The molecule has 0 saturated carbocycles. The molecule has 0 N–H and O–H groups in total. The number of nitrogens with zero attached hydrogens (tertiary/aromatic N) is 1. The summed E-state index contributed by atoms with van der Waals surface area (Å²) in [6.45, 7) is 14.5. The minimum atomic E-state index is 0.0494. The first-order chi connectivity index (χ1) is 8.31. The number of rotatable bonds is 5. The zero-order chi connectivity index (χ0) is 14.0. The lowest BCUT2D eigenvalue weighted by molar-refractivity contribution is 0.00868. The number of alkyl halides is 1. The molecular weight excluding hydrogens is 246 g/mol. The van der Waals surface area contributed by atoms with Gasteiger partial charge in [-0.2, -0.15) is 0 Å². The number of likely N-dealkylation sites (tertiary alicyclic amines) is 1. The molecule has 0 amide bonds. The van der Waals surface area contributed by atoms with E-state index < -0.39 is 0 Å². The standard InChI is InChI=1S/C15H28ClNO/c1-7-15(10-13(11-16)18-6)12(2)8-9-17(15)14(3,4)5/h13H,2,7-11H2,1,3-6H3. The molecule has 106 valence electrons. The molecule has 0 bridgehead atoms. The molecule has 0 radical (unpaired) electrons. The highest BCUT2D eigenvalue weighted by Gasteiger charge is 2.47. The molecule has 1 rings (SSSR count). The SMILES string of the molecule is C=C1CCN(C(C)(C)C)C1(CC)CC(CCl)OC. The van der Waals surface area contributed by atoms with Crippen molar-refractivity contribution in [1.29, 1.82) is 0 Å². The number of halogens is 1. The molecule has 0 aliphatic carbocycles. The summed E-state index contributed by atoms with van der Waals surface area (Å²) in [5.41, 5.74) is 1.54. The third-order valence-electron chi connectivity index (χ3n) is 4.28. The quantitative estimate of drug-likeness (QED) is 0.557. The predicted molar refractivity (Wildman–Crippen MR) is 79.4 cm³/mol. The molecular formula is C15H28ClNO. The van der Waals surface area contributed by atoms with Gasteiger partial charge in [0.2, 0.25) is 0 Å². The lowest BCUT2D eigenvalue weighted by atomic mass is 9.81. The highest BCUT2D eigenvalue weighted by molar-refractivity contribution is 6.18. The van der Waals surface area contributed by atoms with Gasteiger partial charge in [0, 0.05) is 30.6 Å². The summed E-state index contributed by atoms with van der Waals surface area (Å²) in [6, 6.07) is 0. The van der Waals surface area contributed by atoms with Gasteiger partial charge in [-0.3, -0.25) is 4.90 Å². The van der Waals surface area contributed by atoms with Gasteiger partial charge in [-0.25, -0.2) is 0 Å². The first kappa shape index (κ1) is 16.0. The van der Waals surface area contributed by atoms with Crippen LogP contribution in [0.2, 0.25) is 0 Å². The van der Waals surface area contributed by atoms with Crippen LogP contribution in [0.3, 0.4) is 0 Å². The van der Waals surface area contributed by atoms with Gasteiger partial charge in [0.05, 0.1) is 6.10 Å². The topological polar surface area (TPSA) is 12.5 Å². The molecule has 0 aromatic rings. The van der Waals surface area contributed by atoms with Crippen LogP contribution in [-0.4, -0.2) is 41.6 Å². The van der Waals surface area contributed by atoms with E-state index in [1.165, 1.54) is 5.57 Å². The number of hydrogen-bond donors (Lipinski definition) is 0. The van der Waals surface area contributed by atoms with E-state index in [0.717, 1.165) is 25.8 Å². The van der Waals surface area contributed by atoms with Crippen molar-refractivity contribution < 1.29 is 4.74 Å². The lowest BCUT2D eigenvalue weighted by Gasteiger charge is -2.47. The van der Waals surface area contributed by atoms with E-state index >= 15 is 0 Å². The maximum atomic E-state index is 6.00. The summed E-state index contributed by atoms with van der Waals surface area (Å²) in [5.74, 6) is 0.545. The number of ether oxygens (including phenoxy) is 1. The van der Waals surface area contributed by atoms with E-state index in [1.54, 1.807) is 7.11 Å². The zero-order valence-electron chi connectivity index (χ0n) is 12.6. The van der Waals surface area contributed by atoms with Gasteiger partial charge in [-0.05, 0) is 40.0 Å². The second-order valence-corrected chi connectivity index (χ2v) is 6.59. The van der Waals surface area contributed by atoms with Crippen LogP contribution in [0.15, 0.2) is 12.2 Å². The van der Waals surface area contributed by atoms with Gasteiger partial charge in [0.25, 0.3) is 0 Å². The Kier molecular flexibility index (Phi) is 5.28. The minimum Gasteiger partial charge on any atom is -0.380 e. The average molecular weight is 274 g/mol. The van der Waals surface area contributed by atoms with Crippen LogP contribution in [0.4, 0.5) is 0 Å². The van der Waals surface area contributed by atoms with E-state index in [2.05, 4.69) is 39.2 Å². The Morgan fingerprint density at radius 1 is 1.50 bits per heavy atom. The van der Waals surface area contributed by atoms with Crippen LogP contribution in [0.1, 0.15) is 47.0 Å². The first-order valence-corrected chi connectivity index (χ1v) is 7.40. The van der Waals surface area contributed by atoms with Gasteiger partial charge in [-0.1, -0.05) is 19.1 Å². The Bertz CT molecular complexity index is 293. The highest BCUT2D eigenvalue weighted by Crippen LogP contribution is 2.44. The van der Waals surface area contributed by atoms with Crippen LogP contribution in [-0.2, 0) is 4.74 Å². The Labute approximate surface area is 117 Å². The van der Waals surface area contributed by atoms with E-state index in [4.69, 9.17) is 16.3 Å². The van der Waals surface area contributed by atoms with E-state index in [1.807, 2.05) is 0 Å². The average Bonchev–Trinajstić information content (AvgIpc) is 2.63. The summed E-state index contributed by atoms with van der Waals surface area (Å²) in [4.78, 5) is 2.58. The third-order valence-corrected chi connectivity index (χ3v) is 4.62. The van der Waals surface area contributed by atoms with Crippen molar-refractivity contribution >= 4 is 11.6 Å². The van der Waals surface area contributed by atoms with Crippen molar-refractivity contribution in [3.63, 3.8) is 0 Å². The second-order valence-electron chi connectivity index (χ2n) is 6.28. The molecule has 3 heteroatoms. The van der Waals surface area contributed by atoms with Crippen LogP contribution >= 0.6 is 11.6 Å². The summed E-state index contributed by atoms with van der Waals surface area (Å²) in [7, 11) is 1.75. The summed E-state index contributed by atoms with van der Waals surface area (Å²) in [5, 5.41) is 0. The molecule has 0 aromatic heterocycles. The van der Waals surface area contributed by atoms with Crippen molar-refractivity contribution in [3.8, 4) is 0 Å². The predicted octanol–water partition coefficient (Wildman–Crippen LogP) is 3.84. The fraction of sp³-hybridized carbons (Fsp3) is 0.867. The smallest absolute Gasteiger partial charge is 0.0727 e. The molecule has 1 aliphatic heterocycles. The van der Waals surface area contributed by atoms with Crippen molar-refractivity contribution in [2.24, 2.45) is 0 Å². The van der Waals surface area contributed by atoms with Crippen LogP contribution in [0.25, 0.3) is 0 Å². The van der Waals surface area contributed by atoms with Crippen molar-refractivity contribution in [3.05, 3.63) is 12.2 Å². The summed E-state index contributed by atoms with van der Waals surface area (Å²) in [6.07, 6.45) is 3.20. The highest BCUT2D eigenvalue weighted by atomic mass is 35.5. The monoisotopic (exact) mass is 273 g/mol. The van der Waals surface area contributed by atoms with E-state index in [9.17, 15) is 0 Å². The van der Waals surface area contributed by atoms with Gasteiger partial charge in [-0.15, -0.1) is 11.6 Å². The molecule has 1 aliphatic rings. The van der Waals surface area contributed by atoms with E-state index in [-0.39, 0.29) is 17.2 Å². The number of hydrogen-bond acceptors (Lipinski definition) is 2. The maximum absolute atomic E-state index is 6.00. The number of methoxy groups -OCH3 is 1. The largest absolute Gasteiger partial charge is 0.380 e. The van der Waals surface area contributed by atoms with Crippen LogP contribution in [0.5, 0.6) is 0 Å². The molecule has 1 heterocycles. The lowest BCUT2D eigenvalue weighted by Crippen LogP contribution is -2.55. The third kappa shape index (κ3) is 2.92. The second kappa shape index (κ2) is 5.94. The summed E-state index contributed by atoms with van der Waals surface area (Å²) >= 11 is 6.00. The normalized spacial score (nSPS) is 27.8.